The Bertz CT molecular complexity index is 329. The van der Waals surface area contributed by atoms with Crippen molar-refractivity contribution in [3.8, 4) is 0 Å². The first-order valence-electron chi connectivity index (χ1n) is 7.43. The third-order valence-corrected chi connectivity index (χ3v) is 5.34. The molecule has 18 heavy (non-hydrogen) atoms. The smallest absolute Gasteiger partial charge is 0.225 e. The van der Waals surface area contributed by atoms with Gasteiger partial charge < -0.3 is 4.90 Å². The fraction of sp³-hybridized carbons (Fsp3) is 0.938. The molecule has 1 unspecified atom stereocenters. The molecule has 1 spiro atoms. The van der Waals surface area contributed by atoms with Crippen molar-refractivity contribution < 1.29 is 4.79 Å². The van der Waals surface area contributed by atoms with Crippen LogP contribution in [0.15, 0.2) is 0 Å². The van der Waals surface area contributed by atoms with Crippen molar-refractivity contribution in [3.05, 3.63) is 0 Å². The number of rotatable bonds is 3. The van der Waals surface area contributed by atoms with Gasteiger partial charge in [-0.05, 0) is 49.4 Å². The normalized spacial score (nSPS) is 26.6. The van der Waals surface area contributed by atoms with E-state index in [9.17, 15) is 4.79 Å². The van der Waals surface area contributed by atoms with Crippen molar-refractivity contribution in [2.24, 2.45) is 22.7 Å². The van der Waals surface area contributed by atoms with Gasteiger partial charge in [0.15, 0.2) is 0 Å². The van der Waals surface area contributed by atoms with E-state index in [0.29, 0.717) is 34.6 Å². The van der Waals surface area contributed by atoms with Gasteiger partial charge in [-0.1, -0.05) is 27.7 Å². The largest absolute Gasteiger partial charge is 0.343 e. The summed E-state index contributed by atoms with van der Waals surface area (Å²) in [5, 5.41) is 0. The molecule has 0 radical (unpaired) electrons. The van der Waals surface area contributed by atoms with E-state index in [1.54, 1.807) is 0 Å². The van der Waals surface area contributed by atoms with Gasteiger partial charge in [0, 0.05) is 19.0 Å². The molecule has 2 nitrogen and oxygen atoms in total. The predicted octanol–water partition coefficient (Wildman–Crippen LogP) is 3.71. The summed E-state index contributed by atoms with van der Waals surface area (Å²) < 4.78 is 0. The molecule has 0 aromatic carbocycles. The number of hydrogen-bond donors (Lipinski definition) is 0. The fourth-order valence-electron chi connectivity index (χ4n) is 4.36. The number of carbonyl (C=O) groups excluding carboxylic acids is 1. The predicted molar refractivity (Wildman–Crippen MR) is 75.2 cm³/mol. The Morgan fingerprint density at radius 3 is 2.06 bits per heavy atom. The summed E-state index contributed by atoms with van der Waals surface area (Å²) in [5.41, 5.74) is 1.08. The van der Waals surface area contributed by atoms with Gasteiger partial charge in [-0.25, -0.2) is 0 Å². The first-order valence-corrected chi connectivity index (χ1v) is 7.43. The molecule has 2 aliphatic rings. The van der Waals surface area contributed by atoms with Crippen molar-refractivity contribution in [1.29, 1.82) is 0 Å². The second-order valence-corrected chi connectivity index (χ2v) is 8.06. The maximum Gasteiger partial charge on any atom is 0.225 e. The van der Waals surface area contributed by atoms with Crippen molar-refractivity contribution in [2.45, 2.75) is 66.3 Å². The number of hydrogen-bond acceptors (Lipinski definition) is 1. The Balaban J connectivity index is 1.84. The quantitative estimate of drug-likeness (QED) is 0.749. The summed E-state index contributed by atoms with van der Waals surface area (Å²) in [4.78, 5) is 14.4. The van der Waals surface area contributed by atoms with Gasteiger partial charge in [0.05, 0.1) is 0 Å². The molecule has 2 fully saturated rings. The van der Waals surface area contributed by atoms with Crippen LogP contribution in [0.1, 0.15) is 60.3 Å². The molecule has 0 aliphatic heterocycles. The highest BCUT2D eigenvalue weighted by Gasteiger charge is 2.57. The molecular weight excluding hydrogens is 222 g/mol. The Morgan fingerprint density at radius 2 is 1.67 bits per heavy atom. The van der Waals surface area contributed by atoms with Crippen molar-refractivity contribution in [2.75, 3.05) is 7.05 Å². The summed E-state index contributed by atoms with van der Waals surface area (Å²) >= 11 is 0. The van der Waals surface area contributed by atoms with Crippen LogP contribution in [0.4, 0.5) is 0 Å². The Morgan fingerprint density at radius 1 is 1.17 bits per heavy atom. The van der Waals surface area contributed by atoms with E-state index in [-0.39, 0.29) is 0 Å². The second kappa shape index (κ2) is 4.25. The standard InChI is InChI=1S/C16H29NO/c1-11(2)12(3)17(6)14(18)13-7-16(8-13)9-15(4,5)10-16/h11-13H,7-10H2,1-6H3. The van der Waals surface area contributed by atoms with Crippen LogP contribution in [0.2, 0.25) is 0 Å². The van der Waals surface area contributed by atoms with Gasteiger partial charge in [0.25, 0.3) is 0 Å². The lowest BCUT2D eigenvalue weighted by atomic mass is 9.43. The number of amides is 1. The first-order chi connectivity index (χ1) is 8.16. The molecule has 0 aromatic heterocycles. The lowest BCUT2D eigenvalue weighted by Crippen LogP contribution is -2.56. The lowest BCUT2D eigenvalue weighted by molar-refractivity contribution is -0.159. The molecule has 0 bridgehead atoms. The van der Waals surface area contributed by atoms with Crippen LogP contribution < -0.4 is 0 Å². The number of carbonyl (C=O) groups is 1. The van der Waals surface area contributed by atoms with E-state index < -0.39 is 0 Å². The zero-order valence-corrected chi connectivity index (χ0v) is 12.9. The van der Waals surface area contributed by atoms with Crippen LogP contribution in [0.5, 0.6) is 0 Å². The maximum absolute atomic E-state index is 12.4. The highest BCUT2D eigenvalue weighted by molar-refractivity contribution is 5.80. The highest BCUT2D eigenvalue weighted by atomic mass is 16.2. The van der Waals surface area contributed by atoms with E-state index in [0.717, 1.165) is 12.8 Å². The van der Waals surface area contributed by atoms with E-state index in [1.165, 1.54) is 12.8 Å². The van der Waals surface area contributed by atoms with Crippen LogP contribution in [0.25, 0.3) is 0 Å². The summed E-state index contributed by atoms with van der Waals surface area (Å²) in [6.45, 7) is 11.2. The van der Waals surface area contributed by atoms with Crippen LogP contribution in [-0.2, 0) is 4.79 Å². The maximum atomic E-state index is 12.4. The van der Waals surface area contributed by atoms with Gasteiger partial charge in [0.1, 0.15) is 0 Å². The summed E-state index contributed by atoms with van der Waals surface area (Å²) in [5.74, 6) is 1.23. The molecule has 0 aromatic rings. The van der Waals surface area contributed by atoms with Crippen LogP contribution >= 0.6 is 0 Å². The van der Waals surface area contributed by atoms with Gasteiger partial charge in [0.2, 0.25) is 5.91 Å². The van der Waals surface area contributed by atoms with Crippen LogP contribution in [0, 0.1) is 22.7 Å². The summed E-state index contributed by atoms with van der Waals surface area (Å²) in [6, 6.07) is 0.354. The Labute approximate surface area is 112 Å². The monoisotopic (exact) mass is 251 g/mol. The third-order valence-electron chi connectivity index (χ3n) is 5.34. The molecule has 2 saturated carbocycles. The second-order valence-electron chi connectivity index (χ2n) is 8.06. The molecule has 0 saturated heterocycles. The minimum absolute atomic E-state index is 0.312. The zero-order valence-electron chi connectivity index (χ0n) is 12.9. The minimum atomic E-state index is 0.312. The molecule has 2 heteroatoms. The molecule has 104 valence electrons. The lowest BCUT2D eigenvalue weighted by Gasteiger charge is -2.61. The Kier molecular flexibility index (Phi) is 3.28. The third kappa shape index (κ3) is 2.31. The number of nitrogens with zero attached hydrogens (tertiary/aromatic N) is 1. The summed E-state index contributed by atoms with van der Waals surface area (Å²) in [7, 11) is 1.97. The van der Waals surface area contributed by atoms with Crippen LogP contribution in [0.3, 0.4) is 0 Å². The zero-order chi connectivity index (χ0) is 13.7. The molecule has 2 rings (SSSR count). The van der Waals surface area contributed by atoms with Crippen LogP contribution in [-0.4, -0.2) is 23.9 Å². The fourth-order valence-corrected chi connectivity index (χ4v) is 4.36. The average Bonchev–Trinajstić information content (AvgIpc) is 2.18. The molecule has 1 amide bonds. The van der Waals surface area contributed by atoms with Crippen molar-refractivity contribution in [1.82, 2.24) is 4.90 Å². The van der Waals surface area contributed by atoms with E-state index >= 15 is 0 Å². The first kappa shape index (κ1) is 13.9. The van der Waals surface area contributed by atoms with Gasteiger partial charge in [-0.2, -0.15) is 0 Å². The molecular formula is C16H29NO. The minimum Gasteiger partial charge on any atom is -0.343 e. The molecule has 1 atom stereocenters. The average molecular weight is 251 g/mol. The van der Waals surface area contributed by atoms with Crippen molar-refractivity contribution in [3.63, 3.8) is 0 Å². The van der Waals surface area contributed by atoms with E-state index in [2.05, 4.69) is 34.6 Å². The van der Waals surface area contributed by atoms with Gasteiger partial charge in [-0.15, -0.1) is 0 Å². The Hall–Kier alpha value is -0.530. The van der Waals surface area contributed by atoms with Gasteiger partial charge in [-0.3, -0.25) is 4.79 Å². The topological polar surface area (TPSA) is 20.3 Å². The van der Waals surface area contributed by atoms with Crippen molar-refractivity contribution >= 4 is 5.91 Å². The molecule has 0 N–H and O–H groups in total. The molecule has 2 aliphatic carbocycles. The highest BCUT2D eigenvalue weighted by Crippen LogP contribution is 2.66. The SMILES string of the molecule is CC(C)C(C)N(C)C(=O)C1CC2(C1)CC(C)(C)C2. The molecule has 0 heterocycles. The van der Waals surface area contributed by atoms with E-state index in [4.69, 9.17) is 0 Å². The van der Waals surface area contributed by atoms with Gasteiger partial charge >= 0.3 is 0 Å². The summed E-state index contributed by atoms with van der Waals surface area (Å²) in [6.07, 6.45) is 4.94. The van der Waals surface area contributed by atoms with E-state index in [1.807, 2.05) is 11.9 Å².